The molecule has 0 saturated carbocycles. The Morgan fingerprint density at radius 2 is 1.53 bits per heavy atom. The first kappa shape index (κ1) is 32.9. The Labute approximate surface area is 257 Å². The fraction of sp³-hybridized carbons (Fsp3) is 0.344. The number of benzene rings is 2. The van der Waals surface area contributed by atoms with Gasteiger partial charge in [0.05, 0.1) is 11.6 Å². The lowest BCUT2D eigenvalue weighted by molar-refractivity contribution is -0.256. The molecule has 0 saturated heterocycles. The minimum absolute atomic E-state index is 0.0251. The molecule has 0 bridgehead atoms. The molecule has 1 aliphatic carbocycles. The summed E-state index contributed by atoms with van der Waals surface area (Å²) in [7, 11) is 0. The van der Waals surface area contributed by atoms with E-state index in [-0.39, 0.29) is 23.9 Å². The lowest BCUT2D eigenvalue weighted by Crippen LogP contribution is -2.33. The lowest BCUT2D eigenvalue weighted by Gasteiger charge is -2.19. The second-order valence-corrected chi connectivity index (χ2v) is 10.5. The highest BCUT2D eigenvalue weighted by atomic mass is 17.2. The molecule has 0 amide bonds. The zero-order valence-electron chi connectivity index (χ0n) is 25.0. The van der Waals surface area contributed by atoms with Gasteiger partial charge in [0.1, 0.15) is 12.3 Å². The molecule has 1 heterocycles. The first-order chi connectivity index (χ1) is 21.5. The number of fused-ring (bicyclic) bond motifs is 2. The second kappa shape index (κ2) is 14.6. The summed E-state index contributed by atoms with van der Waals surface area (Å²) >= 11 is 0. The summed E-state index contributed by atoms with van der Waals surface area (Å²) in [5, 5.41) is 25.5. The van der Waals surface area contributed by atoms with Crippen molar-refractivity contribution >= 4 is 34.8 Å². The van der Waals surface area contributed by atoms with Crippen LogP contribution in [0, 0.1) is 0 Å². The van der Waals surface area contributed by atoms with Crippen LogP contribution < -0.4 is 10.9 Å². The van der Waals surface area contributed by atoms with Crippen LogP contribution in [0.1, 0.15) is 54.7 Å². The van der Waals surface area contributed by atoms with Crippen LogP contribution in [0.15, 0.2) is 53.3 Å². The number of aliphatic hydroxyl groups is 1. The highest BCUT2D eigenvalue weighted by Gasteiger charge is 2.24. The molecular weight excluding hydrogens is 588 g/mol. The van der Waals surface area contributed by atoms with Gasteiger partial charge in [0, 0.05) is 43.1 Å². The maximum Gasteiger partial charge on any atom is 0.379 e. The molecule has 45 heavy (non-hydrogen) atoms. The van der Waals surface area contributed by atoms with Gasteiger partial charge in [0.25, 0.3) is 5.56 Å². The van der Waals surface area contributed by atoms with Gasteiger partial charge in [0.2, 0.25) is 0 Å². The average molecular weight is 623 g/mol. The molecule has 1 aliphatic rings. The molecule has 0 spiro atoms. The minimum atomic E-state index is -1.28. The van der Waals surface area contributed by atoms with E-state index in [1.165, 1.54) is 40.5 Å². The number of aromatic hydroxyl groups is 1. The summed E-state index contributed by atoms with van der Waals surface area (Å²) in [6.45, 7) is 4.74. The average Bonchev–Trinajstić information content (AvgIpc) is 3.42. The maximum absolute atomic E-state index is 12.7. The molecule has 2 aromatic carbocycles. The number of phenols is 1. The molecule has 3 aromatic rings. The number of carbonyl (C=O) groups excluding carboxylic acids is 4. The van der Waals surface area contributed by atoms with Gasteiger partial charge in [-0.05, 0) is 65.6 Å². The van der Waals surface area contributed by atoms with Gasteiger partial charge >= 0.3 is 23.9 Å². The van der Waals surface area contributed by atoms with E-state index in [9.17, 15) is 34.2 Å². The van der Waals surface area contributed by atoms with Crippen LogP contribution in [0.4, 0.5) is 0 Å². The predicted octanol–water partition coefficient (Wildman–Crippen LogP) is 2.20. The van der Waals surface area contributed by atoms with Crippen molar-refractivity contribution in [2.45, 2.75) is 65.1 Å². The lowest BCUT2D eigenvalue weighted by atomic mass is 9.97. The molecule has 4 rings (SSSR count). The molecule has 1 atom stereocenters. The van der Waals surface area contributed by atoms with Crippen LogP contribution in [-0.4, -0.2) is 51.2 Å². The van der Waals surface area contributed by atoms with Crippen molar-refractivity contribution in [3.8, 4) is 5.75 Å². The van der Waals surface area contributed by atoms with Crippen LogP contribution in [-0.2, 0) is 71.0 Å². The molecule has 0 unspecified atom stereocenters. The third-order valence-electron chi connectivity index (χ3n) is 7.43. The summed E-state index contributed by atoms with van der Waals surface area (Å²) in [6.07, 6.45) is 3.74. The van der Waals surface area contributed by atoms with Crippen molar-refractivity contribution in [2.24, 2.45) is 0 Å². The van der Waals surface area contributed by atoms with Crippen molar-refractivity contribution in [1.29, 1.82) is 0 Å². The summed E-state index contributed by atoms with van der Waals surface area (Å²) in [6, 6.07) is 10.2. The molecule has 0 fully saturated rings. The van der Waals surface area contributed by atoms with Gasteiger partial charge in [-0.25, -0.2) is 38.7 Å². The normalized spacial score (nSPS) is 13.4. The molecule has 13 nitrogen and oxygen atoms in total. The smallest absolute Gasteiger partial charge is 0.379 e. The highest BCUT2D eigenvalue weighted by molar-refractivity contribution is 5.92. The Bertz CT molecular complexity index is 1680. The van der Waals surface area contributed by atoms with Crippen LogP contribution in [0.5, 0.6) is 5.75 Å². The zero-order valence-corrected chi connectivity index (χ0v) is 25.0. The fourth-order valence-corrected chi connectivity index (χ4v) is 5.37. The number of aryl methyl sites for hydroxylation is 2. The molecule has 13 heteroatoms. The molecule has 0 aliphatic heterocycles. The summed E-state index contributed by atoms with van der Waals surface area (Å²) in [4.78, 5) is 75.5. The van der Waals surface area contributed by atoms with Crippen molar-refractivity contribution < 1.29 is 48.9 Å². The van der Waals surface area contributed by atoms with Gasteiger partial charge in [-0.3, -0.25) is 9.36 Å². The van der Waals surface area contributed by atoms with Gasteiger partial charge < -0.3 is 15.5 Å². The van der Waals surface area contributed by atoms with Gasteiger partial charge in [0.15, 0.2) is 0 Å². The monoisotopic (exact) mass is 622 g/mol. The largest absolute Gasteiger partial charge is 0.506 e. The number of phenolic OH excluding ortho intramolecular Hbond substituents is 1. The topological polar surface area (TPSA) is 180 Å². The Balaban J connectivity index is 1.41. The van der Waals surface area contributed by atoms with E-state index < -0.39 is 42.1 Å². The Morgan fingerprint density at radius 3 is 2.11 bits per heavy atom. The van der Waals surface area contributed by atoms with Gasteiger partial charge in [-0.1, -0.05) is 32.0 Å². The molecular formula is C32H34N2O11. The standard InChI is InChI=1S/C32H34N2O11/c1-4-19-12-21-14-23(15-22(21)13-20(19)5-2)33-16-27(37)24-6-8-26(36)32-25(24)7-9-28(38)34(32)17-31(41)45-44-30(40)11-10-29(39)43-42-18(3)35/h6-13,23,27,33,36-37H,4-5,14-17H2,1-3H3/b11-10-/t27-/m0/s1. The number of carbonyl (C=O) groups is 4. The molecule has 0 radical (unpaired) electrons. The number of rotatable bonds is 10. The zero-order chi connectivity index (χ0) is 32.7. The van der Waals surface area contributed by atoms with Crippen LogP contribution in [0.3, 0.4) is 0 Å². The first-order valence-electron chi connectivity index (χ1n) is 14.4. The number of aromatic nitrogens is 1. The van der Waals surface area contributed by atoms with E-state index in [0.29, 0.717) is 23.1 Å². The summed E-state index contributed by atoms with van der Waals surface area (Å²) in [5.74, 6) is -4.89. The second-order valence-electron chi connectivity index (χ2n) is 10.5. The highest BCUT2D eigenvalue weighted by Crippen LogP contribution is 2.31. The van der Waals surface area contributed by atoms with Crippen molar-refractivity contribution in [3.63, 3.8) is 0 Å². The Hall–Kier alpha value is -5.01. The third kappa shape index (κ3) is 8.13. The fourth-order valence-electron chi connectivity index (χ4n) is 5.37. The number of pyridine rings is 1. The summed E-state index contributed by atoms with van der Waals surface area (Å²) < 4.78 is 0.918. The van der Waals surface area contributed by atoms with Crippen molar-refractivity contribution in [3.05, 3.63) is 86.7 Å². The van der Waals surface area contributed by atoms with E-state index in [1.54, 1.807) is 6.07 Å². The minimum Gasteiger partial charge on any atom is -0.506 e. The number of aliphatic hydroxyl groups excluding tert-OH is 1. The molecule has 1 aromatic heterocycles. The SMILES string of the molecule is CCc1cc2c(cc1CC)CC(NC[C@H](O)c1ccc(O)c3c1ccc(=O)n3CC(=O)OOC(=O)/C=C\C(=O)OOC(C)=O)C2. The Morgan fingerprint density at radius 1 is 0.933 bits per heavy atom. The van der Waals surface area contributed by atoms with Crippen LogP contribution in [0.25, 0.3) is 10.9 Å². The van der Waals surface area contributed by atoms with Crippen LogP contribution >= 0.6 is 0 Å². The van der Waals surface area contributed by atoms with E-state index in [1.807, 2.05) is 0 Å². The number of nitrogens with one attached hydrogen (secondary N) is 1. The number of nitrogens with zero attached hydrogens (tertiary/aromatic N) is 1. The number of hydrogen-bond acceptors (Lipinski definition) is 12. The Kier molecular flexibility index (Phi) is 10.7. The predicted molar refractivity (Wildman–Crippen MR) is 158 cm³/mol. The molecule has 238 valence electrons. The summed E-state index contributed by atoms with van der Waals surface area (Å²) in [5.41, 5.74) is 5.07. The van der Waals surface area contributed by atoms with Gasteiger partial charge in [-0.2, -0.15) is 0 Å². The van der Waals surface area contributed by atoms with Crippen molar-refractivity contribution in [2.75, 3.05) is 6.54 Å². The number of hydrogen-bond donors (Lipinski definition) is 3. The quantitative estimate of drug-likeness (QED) is 0.171. The van der Waals surface area contributed by atoms with E-state index in [0.717, 1.165) is 37.2 Å². The van der Waals surface area contributed by atoms with E-state index in [4.69, 9.17) is 0 Å². The first-order valence-corrected chi connectivity index (χ1v) is 14.4. The van der Waals surface area contributed by atoms with Crippen LogP contribution in [0.2, 0.25) is 0 Å². The maximum atomic E-state index is 12.7. The third-order valence-corrected chi connectivity index (χ3v) is 7.43. The van der Waals surface area contributed by atoms with E-state index >= 15 is 0 Å². The molecule has 3 N–H and O–H groups in total. The van der Waals surface area contributed by atoms with Gasteiger partial charge in [-0.15, -0.1) is 0 Å². The van der Waals surface area contributed by atoms with Crippen molar-refractivity contribution in [1.82, 2.24) is 9.88 Å². The van der Waals surface area contributed by atoms with E-state index in [2.05, 4.69) is 50.8 Å².